The molecule has 0 spiro atoms. The fourth-order valence-corrected chi connectivity index (χ4v) is 1.31. The highest BCUT2D eigenvalue weighted by molar-refractivity contribution is 5.40. The van der Waals surface area contributed by atoms with Crippen LogP contribution in [-0.2, 0) is 6.54 Å². The molecule has 2 nitrogen and oxygen atoms in total. The van der Waals surface area contributed by atoms with Crippen LogP contribution >= 0.6 is 0 Å². The van der Waals surface area contributed by atoms with Crippen LogP contribution in [0.3, 0.4) is 0 Å². The number of hydrogen-bond acceptors (Lipinski definition) is 2. The molecule has 1 aromatic carbocycles. The van der Waals surface area contributed by atoms with Gasteiger partial charge in [-0.05, 0) is 19.4 Å². The molecule has 0 aromatic heterocycles. The van der Waals surface area contributed by atoms with Gasteiger partial charge in [0.05, 0.1) is 0 Å². The Labute approximate surface area is 85.4 Å². The van der Waals surface area contributed by atoms with Crippen LogP contribution < -0.4 is 10.5 Å². The molecule has 0 radical (unpaired) electrons. The molecule has 14 heavy (non-hydrogen) atoms. The van der Waals surface area contributed by atoms with E-state index in [2.05, 4.69) is 0 Å². The first-order chi connectivity index (χ1) is 6.79. The van der Waals surface area contributed by atoms with E-state index in [4.69, 9.17) is 10.5 Å². The average Bonchev–Trinajstić information content (AvgIpc) is 2.20. The quantitative estimate of drug-likeness (QED) is 0.742. The van der Waals surface area contributed by atoms with Crippen molar-refractivity contribution in [3.63, 3.8) is 0 Å². The summed E-state index contributed by atoms with van der Waals surface area (Å²) in [6.07, 6.45) is 3.95. The molecule has 0 atom stereocenters. The monoisotopic (exact) mass is 191 g/mol. The van der Waals surface area contributed by atoms with Crippen LogP contribution in [0, 0.1) is 6.92 Å². The van der Waals surface area contributed by atoms with E-state index < -0.39 is 0 Å². The number of hydrogen-bond donors (Lipinski definition) is 1. The zero-order valence-corrected chi connectivity index (χ0v) is 8.79. The van der Waals surface area contributed by atoms with E-state index >= 15 is 0 Å². The van der Waals surface area contributed by atoms with Gasteiger partial charge in [0.2, 0.25) is 0 Å². The SMILES string of the molecule is C/C=C/COc1c(C)cccc1CN. The predicted octanol–water partition coefficient (Wildman–Crippen LogP) is 2.41. The number of allylic oxidation sites excluding steroid dienone is 1. The van der Waals surface area contributed by atoms with Crippen molar-refractivity contribution in [1.29, 1.82) is 0 Å². The summed E-state index contributed by atoms with van der Waals surface area (Å²) in [7, 11) is 0. The molecule has 76 valence electrons. The smallest absolute Gasteiger partial charge is 0.127 e. The van der Waals surface area contributed by atoms with Gasteiger partial charge >= 0.3 is 0 Å². The first-order valence-corrected chi connectivity index (χ1v) is 4.82. The van der Waals surface area contributed by atoms with Crippen LogP contribution in [0.4, 0.5) is 0 Å². The number of nitrogens with two attached hydrogens (primary N) is 1. The second-order valence-electron chi connectivity index (χ2n) is 3.15. The largest absolute Gasteiger partial charge is 0.489 e. The van der Waals surface area contributed by atoms with Gasteiger partial charge in [-0.3, -0.25) is 0 Å². The third-order valence-electron chi connectivity index (χ3n) is 2.07. The maximum absolute atomic E-state index is 5.63. The Balaban J connectivity index is 2.82. The van der Waals surface area contributed by atoms with Crippen molar-refractivity contribution in [2.45, 2.75) is 20.4 Å². The average molecular weight is 191 g/mol. The number of para-hydroxylation sites is 1. The minimum atomic E-state index is 0.521. The first-order valence-electron chi connectivity index (χ1n) is 4.82. The van der Waals surface area contributed by atoms with Gasteiger partial charge in [0.15, 0.2) is 0 Å². The summed E-state index contributed by atoms with van der Waals surface area (Å²) in [6, 6.07) is 6.03. The molecule has 0 aliphatic carbocycles. The van der Waals surface area contributed by atoms with Gasteiger partial charge in [0.25, 0.3) is 0 Å². The fraction of sp³-hybridized carbons (Fsp3) is 0.333. The van der Waals surface area contributed by atoms with Gasteiger partial charge in [-0.15, -0.1) is 0 Å². The van der Waals surface area contributed by atoms with Crippen LogP contribution in [-0.4, -0.2) is 6.61 Å². The number of benzene rings is 1. The van der Waals surface area contributed by atoms with E-state index in [9.17, 15) is 0 Å². The highest BCUT2D eigenvalue weighted by atomic mass is 16.5. The van der Waals surface area contributed by atoms with Gasteiger partial charge in [-0.2, -0.15) is 0 Å². The van der Waals surface area contributed by atoms with Crippen molar-refractivity contribution in [1.82, 2.24) is 0 Å². The zero-order valence-electron chi connectivity index (χ0n) is 8.79. The summed E-state index contributed by atoms with van der Waals surface area (Å²) in [5.41, 5.74) is 7.83. The Hall–Kier alpha value is -1.28. The summed E-state index contributed by atoms with van der Waals surface area (Å²) in [5.74, 6) is 0.924. The lowest BCUT2D eigenvalue weighted by molar-refractivity contribution is 0.356. The topological polar surface area (TPSA) is 35.2 Å². The molecule has 1 aromatic rings. The number of aryl methyl sites for hydroxylation is 1. The molecule has 1 rings (SSSR count). The minimum Gasteiger partial charge on any atom is -0.489 e. The van der Waals surface area contributed by atoms with Gasteiger partial charge in [-0.1, -0.05) is 30.4 Å². The fourth-order valence-electron chi connectivity index (χ4n) is 1.31. The Kier molecular flexibility index (Phi) is 4.20. The van der Waals surface area contributed by atoms with Crippen molar-refractivity contribution in [2.24, 2.45) is 5.73 Å². The van der Waals surface area contributed by atoms with E-state index in [0.29, 0.717) is 13.2 Å². The molecule has 0 aliphatic rings. The third-order valence-corrected chi connectivity index (χ3v) is 2.07. The molecule has 0 saturated heterocycles. The summed E-state index contributed by atoms with van der Waals surface area (Å²) >= 11 is 0. The lowest BCUT2D eigenvalue weighted by atomic mass is 10.1. The number of ether oxygens (including phenoxy) is 1. The molecule has 0 saturated carbocycles. The van der Waals surface area contributed by atoms with E-state index in [-0.39, 0.29) is 0 Å². The van der Waals surface area contributed by atoms with Crippen LogP contribution in [0.2, 0.25) is 0 Å². The summed E-state index contributed by atoms with van der Waals surface area (Å²) in [4.78, 5) is 0. The first kappa shape index (κ1) is 10.8. The summed E-state index contributed by atoms with van der Waals surface area (Å²) < 4.78 is 5.63. The molecule has 0 amide bonds. The van der Waals surface area contributed by atoms with Crippen LogP contribution in [0.15, 0.2) is 30.4 Å². The predicted molar refractivity (Wildman–Crippen MR) is 59.4 cm³/mol. The molecule has 0 heterocycles. The molecular weight excluding hydrogens is 174 g/mol. The van der Waals surface area contributed by atoms with Gasteiger partial charge in [0.1, 0.15) is 12.4 Å². The second-order valence-corrected chi connectivity index (χ2v) is 3.15. The maximum Gasteiger partial charge on any atom is 0.127 e. The van der Waals surface area contributed by atoms with E-state index in [1.165, 1.54) is 0 Å². The lowest BCUT2D eigenvalue weighted by Crippen LogP contribution is -2.03. The standard InChI is InChI=1S/C12H17NO/c1-3-4-8-14-12-10(2)6-5-7-11(12)9-13/h3-7H,8-9,13H2,1-2H3/b4-3+. The molecular formula is C12H17NO. The Morgan fingerprint density at radius 1 is 1.43 bits per heavy atom. The molecule has 0 aliphatic heterocycles. The lowest BCUT2D eigenvalue weighted by Gasteiger charge is -2.11. The van der Waals surface area contributed by atoms with Crippen molar-refractivity contribution >= 4 is 0 Å². The van der Waals surface area contributed by atoms with E-state index in [1.54, 1.807) is 0 Å². The van der Waals surface area contributed by atoms with Crippen molar-refractivity contribution in [2.75, 3.05) is 6.61 Å². The Morgan fingerprint density at radius 3 is 2.86 bits per heavy atom. The van der Waals surface area contributed by atoms with Crippen LogP contribution in [0.5, 0.6) is 5.75 Å². The normalized spacial score (nSPS) is 10.8. The van der Waals surface area contributed by atoms with Gasteiger partial charge < -0.3 is 10.5 Å². The van der Waals surface area contributed by atoms with E-state index in [0.717, 1.165) is 16.9 Å². The molecule has 2 N–H and O–H groups in total. The molecule has 0 fully saturated rings. The summed E-state index contributed by atoms with van der Waals surface area (Å²) in [6.45, 7) is 5.14. The van der Waals surface area contributed by atoms with Gasteiger partial charge in [-0.25, -0.2) is 0 Å². The van der Waals surface area contributed by atoms with Gasteiger partial charge in [0, 0.05) is 12.1 Å². The molecule has 0 bridgehead atoms. The van der Waals surface area contributed by atoms with E-state index in [1.807, 2.05) is 44.2 Å². The van der Waals surface area contributed by atoms with Crippen LogP contribution in [0.1, 0.15) is 18.1 Å². The Morgan fingerprint density at radius 2 is 2.21 bits per heavy atom. The minimum absolute atomic E-state index is 0.521. The molecule has 2 heteroatoms. The molecule has 0 unspecified atom stereocenters. The van der Waals surface area contributed by atoms with Crippen molar-refractivity contribution < 1.29 is 4.74 Å². The zero-order chi connectivity index (χ0) is 10.4. The second kappa shape index (κ2) is 5.45. The van der Waals surface area contributed by atoms with Crippen molar-refractivity contribution in [3.8, 4) is 5.75 Å². The number of rotatable bonds is 4. The maximum atomic E-state index is 5.63. The van der Waals surface area contributed by atoms with Crippen LogP contribution in [0.25, 0.3) is 0 Å². The Bertz CT molecular complexity index is 318. The third kappa shape index (κ3) is 2.60. The highest BCUT2D eigenvalue weighted by Gasteiger charge is 2.03. The van der Waals surface area contributed by atoms with Crippen molar-refractivity contribution in [3.05, 3.63) is 41.5 Å². The summed E-state index contributed by atoms with van der Waals surface area (Å²) in [5, 5.41) is 0. The highest BCUT2D eigenvalue weighted by Crippen LogP contribution is 2.22.